The summed E-state index contributed by atoms with van der Waals surface area (Å²) >= 11 is 0. The Morgan fingerprint density at radius 3 is 2.57 bits per heavy atom. The maximum absolute atomic E-state index is 12.2. The summed E-state index contributed by atoms with van der Waals surface area (Å²) in [5.41, 5.74) is 3.35. The van der Waals surface area contributed by atoms with Crippen LogP contribution in [0.5, 0.6) is 0 Å². The van der Waals surface area contributed by atoms with Crippen molar-refractivity contribution in [3.8, 4) is 0 Å². The molecule has 0 aromatic heterocycles. The Balaban J connectivity index is 1.38. The first-order valence-corrected chi connectivity index (χ1v) is 12.4. The molecule has 7 heteroatoms. The number of nitrogens with zero attached hydrogens (tertiary/aromatic N) is 2. The van der Waals surface area contributed by atoms with Crippen LogP contribution in [0, 0.1) is 0 Å². The fourth-order valence-electron chi connectivity index (χ4n) is 3.89. The number of hydrogen-bond acceptors (Lipinski definition) is 4. The molecule has 0 radical (unpaired) electrons. The molecule has 0 spiro atoms. The lowest BCUT2D eigenvalue weighted by molar-refractivity contribution is -0.121. The molecular weight excluding hydrogens is 398 g/mol. The normalized spacial score (nSPS) is 13.6. The average Bonchev–Trinajstić information content (AvgIpc) is 2.74. The number of amides is 1. The zero-order valence-electron chi connectivity index (χ0n) is 17.6. The summed E-state index contributed by atoms with van der Waals surface area (Å²) < 4.78 is 25.5. The largest absolute Gasteiger partial charge is 0.371 e. The molecular formula is C23H31N3O3S. The van der Waals surface area contributed by atoms with Crippen molar-refractivity contribution in [2.24, 2.45) is 0 Å². The Bertz CT molecular complexity index is 932. The van der Waals surface area contributed by atoms with E-state index in [2.05, 4.69) is 34.5 Å². The number of aryl methyl sites for hydroxylation is 1. The van der Waals surface area contributed by atoms with Crippen LogP contribution in [-0.2, 0) is 21.2 Å². The molecule has 0 fully saturated rings. The molecule has 1 amide bonds. The summed E-state index contributed by atoms with van der Waals surface area (Å²) in [5.74, 6) is -0.0319. The Morgan fingerprint density at radius 1 is 1.07 bits per heavy atom. The monoisotopic (exact) mass is 429 g/mol. The van der Waals surface area contributed by atoms with Crippen molar-refractivity contribution in [2.75, 3.05) is 41.6 Å². The maximum Gasteiger partial charge on any atom is 0.232 e. The fourth-order valence-corrected chi connectivity index (χ4v) is 4.86. The van der Waals surface area contributed by atoms with E-state index >= 15 is 0 Å². The summed E-state index contributed by atoms with van der Waals surface area (Å²) in [6.45, 7) is 2.91. The molecule has 1 heterocycles. The van der Waals surface area contributed by atoms with E-state index in [0.717, 1.165) is 25.9 Å². The number of carbonyl (C=O) groups is 1. The molecule has 0 saturated carbocycles. The van der Waals surface area contributed by atoms with Gasteiger partial charge in [-0.1, -0.05) is 36.4 Å². The molecule has 0 unspecified atom stereocenters. The maximum atomic E-state index is 12.2. The van der Waals surface area contributed by atoms with Gasteiger partial charge in [0.15, 0.2) is 0 Å². The lowest BCUT2D eigenvalue weighted by atomic mass is 10.0. The summed E-state index contributed by atoms with van der Waals surface area (Å²) in [4.78, 5) is 14.6. The van der Waals surface area contributed by atoms with E-state index in [-0.39, 0.29) is 5.91 Å². The quantitative estimate of drug-likeness (QED) is 0.589. The third-order valence-corrected chi connectivity index (χ3v) is 6.54. The van der Waals surface area contributed by atoms with Crippen LogP contribution in [0.4, 0.5) is 11.4 Å². The van der Waals surface area contributed by atoms with Crippen LogP contribution in [0.3, 0.4) is 0 Å². The number of hydrogen-bond donors (Lipinski definition) is 1. The van der Waals surface area contributed by atoms with Crippen molar-refractivity contribution in [1.82, 2.24) is 5.32 Å². The Kier molecular flexibility index (Phi) is 7.74. The van der Waals surface area contributed by atoms with Gasteiger partial charge in [-0.2, -0.15) is 0 Å². The molecule has 1 aliphatic rings. The lowest BCUT2D eigenvalue weighted by Crippen LogP contribution is -2.34. The van der Waals surface area contributed by atoms with Crippen molar-refractivity contribution >= 4 is 27.3 Å². The van der Waals surface area contributed by atoms with E-state index in [4.69, 9.17) is 0 Å². The second kappa shape index (κ2) is 10.5. The van der Waals surface area contributed by atoms with Gasteiger partial charge in [0.2, 0.25) is 15.9 Å². The zero-order valence-corrected chi connectivity index (χ0v) is 18.4. The molecule has 30 heavy (non-hydrogen) atoms. The van der Waals surface area contributed by atoms with Gasteiger partial charge < -0.3 is 10.2 Å². The van der Waals surface area contributed by atoms with Crippen LogP contribution >= 0.6 is 0 Å². The highest BCUT2D eigenvalue weighted by Gasteiger charge is 2.18. The Labute approximate surface area is 179 Å². The minimum Gasteiger partial charge on any atom is -0.371 e. The molecule has 0 aliphatic carbocycles. The van der Waals surface area contributed by atoms with E-state index < -0.39 is 10.0 Å². The number of anilines is 2. The Hall–Kier alpha value is -2.54. The van der Waals surface area contributed by atoms with E-state index in [0.29, 0.717) is 31.6 Å². The van der Waals surface area contributed by atoms with Crippen LogP contribution in [-0.4, -0.2) is 46.8 Å². The fraction of sp³-hybridized carbons (Fsp3) is 0.435. The van der Waals surface area contributed by atoms with Gasteiger partial charge in [-0.15, -0.1) is 0 Å². The highest BCUT2D eigenvalue weighted by Crippen LogP contribution is 2.26. The van der Waals surface area contributed by atoms with Crippen LogP contribution in [0.2, 0.25) is 0 Å². The third-order valence-electron chi connectivity index (χ3n) is 5.34. The number of nitrogens with one attached hydrogen (secondary N) is 1. The van der Waals surface area contributed by atoms with Gasteiger partial charge in [0.25, 0.3) is 0 Å². The van der Waals surface area contributed by atoms with E-state index in [1.165, 1.54) is 28.2 Å². The number of rotatable bonds is 10. The first kappa shape index (κ1) is 22.2. The molecule has 2 aromatic carbocycles. The van der Waals surface area contributed by atoms with Crippen LogP contribution in [0.1, 0.15) is 31.2 Å². The predicted octanol–water partition coefficient (Wildman–Crippen LogP) is 3.19. The van der Waals surface area contributed by atoms with Crippen molar-refractivity contribution < 1.29 is 13.2 Å². The van der Waals surface area contributed by atoms with Gasteiger partial charge in [0.05, 0.1) is 11.9 Å². The molecule has 1 aliphatic heterocycles. The van der Waals surface area contributed by atoms with Crippen LogP contribution in [0.15, 0.2) is 54.6 Å². The molecule has 3 rings (SSSR count). The smallest absolute Gasteiger partial charge is 0.232 e. The lowest BCUT2D eigenvalue weighted by Gasteiger charge is -2.31. The third kappa shape index (κ3) is 6.23. The number of fused-ring (bicyclic) bond motifs is 1. The molecule has 1 N–H and O–H groups in total. The Morgan fingerprint density at radius 2 is 1.80 bits per heavy atom. The van der Waals surface area contributed by atoms with Gasteiger partial charge >= 0.3 is 0 Å². The van der Waals surface area contributed by atoms with Crippen molar-refractivity contribution in [1.29, 1.82) is 0 Å². The molecule has 162 valence electrons. The van der Waals surface area contributed by atoms with Gasteiger partial charge in [-0.05, 0) is 49.4 Å². The van der Waals surface area contributed by atoms with Crippen molar-refractivity contribution in [3.05, 3.63) is 60.2 Å². The number of benzene rings is 2. The van der Waals surface area contributed by atoms with Gasteiger partial charge in [0.1, 0.15) is 0 Å². The zero-order chi connectivity index (χ0) is 21.4. The molecule has 0 atom stereocenters. The van der Waals surface area contributed by atoms with Gasteiger partial charge in [0, 0.05) is 38.3 Å². The summed E-state index contributed by atoms with van der Waals surface area (Å²) in [5, 5.41) is 2.96. The second-order valence-corrected chi connectivity index (χ2v) is 9.60. The van der Waals surface area contributed by atoms with Gasteiger partial charge in [-0.3, -0.25) is 9.10 Å². The second-order valence-electron chi connectivity index (χ2n) is 7.70. The molecule has 6 nitrogen and oxygen atoms in total. The van der Waals surface area contributed by atoms with E-state index in [1.54, 1.807) is 24.3 Å². The summed E-state index contributed by atoms with van der Waals surface area (Å²) in [7, 11) is -3.38. The predicted molar refractivity (Wildman–Crippen MR) is 122 cm³/mol. The van der Waals surface area contributed by atoms with Crippen molar-refractivity contribution in [3.63, 3.8) is 0 Å². The number of carbonyl (C=O) groups excluding carboxylic acids is 1. The molecule has 0 saturated heterocycles. The number of sulfonamides is 1. The first-order valence-electron chi connectivity index (χ1n) is 10.6. The minimum atomic E-state index is -3.38. The summed E-state index contributed by atoms with van der Waals surface area (Å²) in [6.07, 6.45) is 5.18. The topological polar surface area (TPSA) is 69.7 Å². The highest BCUT2D eigenvalue weighted by molar-refractivity contribution is 7.92. The van der Waals surface area contributed by atoms with E-state index in [9.17, 15) is 13.2 Å². The van der Waals surface area contributed by atoms with E-state index in [1.807, 2.05) is 6.07 Å². The summed E-state index contributed by atoms with van der Waals surface area (Å²) in [6, 6.07) is 17.5. The standard InChI is InChI=1S/C23H31N3O3S/c1-30(28,29)26(21-12-3-2-4-13-21)19-8-15-23(27)24-16-9-18-25-17-7-11-20-10-5-6-14-22(20)25/h2-6,10,12-14H,7-9,11,15-19H2,1H3,(H,24,27). The SMILES string of the molecule is CS(=O)(=O)N(CCCC(=O)NCCCN1CCCc2ccccc21)c1ccccc1. The van der Waals surface area contributed by atoms with Gasteiger partial charge in [-0.25, -0.2) is 8.42 Å². The van der Waals surface area contributed by atoms with Crippen LogP contribution in [0.25, 0.3) is 0 Å². The first-order chi connectivity index (χ1) is 14.4. The highest BCUT2D eigenvalue weighted by atomic mass is 32.2. The molecule has 0 bridgehead atoms. The number of para-hydroxylation sites is 2. The van der Waals surface area contributed by atoms with Crippen LogP contribution < -0.4 is 14.5 Å². The molecule has 2 aromatic rings. The van der Waals surface area contributed by atoms with Crippen molar-refractivity contribution in [2.45, 2.75) is 32.1 Å². The minimum absolute atomic E-state index is 0.0319. The average molecular weight is 430 g/mol.